The molecule has 2 aromatic rings. The van der Waals surface area contributed by atoms with Gasteiger partial charge in [0.2, 0.25) is 0 Å². The second-order valence-corrected chi connectivity index (χ2v) is 8.37. The fourth-order valence-corrected chi connectivity index (χ4v) is 5.49. The molecule has 0 unspecified atom stereocenters. The van der Waals surface area contributed by atoms with Crippen LogP contribution in [-0.2, 0) is 11.0 Å². The molecule has 2 heterocycles. The predicted octanol–water partition coefficient (Wildman–Crippen LogP) is 5.70. The first kappa shape index (κ1) is 19.9. The van der Waals surface area contributed by atoms with Crippen LogP contribution in [0.25, 0.3) is 0 Å². The molecular formula is C20H16F3N3OS2. The third kappa shape index (κ3) is 3.64. The summed E-state index contributed by atoms with van der Waals surface area (Å²) in [5.74, 6) is -0.189. The van der Waals surface area contributed by atoms with E-state index in [1.54, 1.807) is 16.8 Å². The van der Waals surface area contributed by atoms with Gasteiger partial charge in [-0.25, -0.2) is 4.99 Å². The minimum absolute atomic E-state index is 0.189. The van der Waals surface area contributed by atoms with Crippen molar-refractivity contribution in [1.82, 2.24) is 4.90 Å². The zero-order chi connectivity index (χ0) is 20.8. The van der Waals surface area contributed by atoms with E-state index in [1.165, 1.54) is 29.6 Å². The fraction of sp³-hybridized carbons (Fsp3) is 0.200. The summed E-state index contributed by atoms with van der Waals surface area (Å²) in [6.07, 6.45) is -4.41. The number of amidine groups is 1. The van der Waals surface area contributed by atoms with Crippen molar-refractivity contribution in [2.45, 2.75) is 18.0 Å². The first-order valence-electron chi connectivity index (χ1n) is 8.80. The van der Waals surface area contributed by atoms with Gasteiger partial charge in [0.05, 0.1) is 22.0 Å². The summed E-state index contributed by atoms with van der Waals surface area (Å²) in [5.41, 5.74) is 0.684. The molecule has 150 valence electrons. The highest BCUT2D eigenvalue weighted by Gasteiger charge is 2.39. The summed E-state index contributed by atoms with van der Waals surface area (Å²) in [4.78, 5) is 21.9. The lowest BCUT2D eigenvalue weighted by Gasteiger charge is -2.15. The van der Waals surface area contributed by atoms with Gasteiger partial charge in [-0.3, -0.25) is 9.69 Å². The third-order valence-corrected chi connectivity index (χ3v) is 6.93. The smallest absolute Gasteiger partial charge is 0.337 e. The number of benzene rings is 2. The van der Waals surface area contributed by atoms with Crippen molar-refractivity contribution < 1.29 is 18.0 Å². The maximum atomic E-state index is 13.1. The number of fused-ring (bicyclic) bond motifs is 1. The molecule has 0 N–H and O–H groups in total. The van der Waals surface area contributed by atoms with Gasteiger partial charge in [-0.1, -0.05) is 30.0 Å². The van der Waals surface area contributed by atoms with Crippen LogP contribution in [0, 0.1) is 0 Å². The molecule has 0 bridgehead atoms. The first-order valence-corrected chi connectivity index (χ1v) is 10.4. The van der Waals surface area contributed by atoms with Crippen molar-refractivity contribution in [2.75, 3.05) is 18.5 Å². The molecule has 0 aliphatic carbocycles. The number of thioether (sulfide) groups is 2. The number of carbonyl (C=O) groups excluding carboxylic acids is 1. The highest BCUT2D eigenvalue weighted by atomic mass is 32.2. The Morgan fingerprint density at radius 3 is 2.45 bits per heavy atom. The normalized spacial score (nSPS) is 20.7. The van der Waals surface area contributed by atoms with Crippen LogP contribution in [0.1, 0.15) is 12.5 Å². The number of para-hydroxylation sites is 1. The maximum absolute atomic E-state index is 13.1. The number of hydrogen-bond donors (Lipinski definition) is 0. The maximum Gasteiger partial charge on any atom is 0.416 e. The van der Waals surface area contributed by atoms with Gasteiger partial charge in [0.15, 0.2) is 5.17 Å². The van der Waals surface area contributed by atoms with Gasteiger partial charge in [-0.05, 0) is 49.0 Å². The summed E-state index contributed by atoms with van der Waals surface area (Å²) in [5, 5.41) is 1.18. The Morgan fingerprint density at radius 2 is 1.79 bits per heavy atom. The van der Waals surface area contributed by atoms with E-state index in [0.29, 0.717) is 32.2 Å². The summed E-state index contributed by atoms with van der Waals surface area (Å²) >= 11 is 2.43. The number of nitrogens with zero attached hydrogens (tertiary/aromatic N) is 3. The lowest BCUT2D eigenvalue weighted by molar-refractivity contribution is -0.137. The largest absolute Gasteiger partial charge is 0.416 e. The molecule has 9 heteroatoms. The zero-order valence-corrected chi connectivity index (χ0v) is 17.2. The monoisotopic (exact) mass is 435 g/mol. The molecule has 2 aromatic carbocycles. The quantitative estimate of drug-likeness (QED) is 0.567. The highest BCUT2D eigenvalue weighted by Crippen LogP contribution is 2.51. The van der Waals surface area contributed by atoms with Crippen LogP contribution in [0.2, 0.25) is 0 Å². The number of alkyl halides is 3. The van der Waals surface area contributed by atoms with Gasteiger partial charge in [0.25, 0.3) is 5.91 Å². The van der Waals surface area contributed by atoms with Crippen molar-refractivity contribution in [2.24, 2.45) is 4.99 Å². The van der Waals surface area contributed by atoms with E-state index in [-0.39, 0.29) is 5.91 Å². The lowest BCUT2D eigenvalue weighted by Crippen LogP contribution is -2.29. The Kier molecular flexibility index (Phi) is 5.12. The molecule has 2 aliphatic rings. The van der Waals surface area contributed by atoms with Crippen molar-refractivity contribution in [3.05, 3.63) is 64.0 Å². The Hall–Kier alpha value is -2.39. The minimum atomic E-state index is -4.41. The number of carbonyl (C=O) groups is 1. The Bertz CT molecular complexity index is 1040. The molecule has 1 amide bonds. The van der Waals surface area contributed by atoms with Crippen LogP contribution in [0.5, 0.6) is 0 Å². The number of aliphatic imine (C=N–C) groups is 1. The average molecular weight is 435 g/mol. The number of hydrogen-bond acceptors (Lipinski definition) is 5. The van der Waals surface area contributed by atoms with E-state index < -0.39 is 11.7 Å². The molecule has 1 fully saturated rings. The topological polar surface area (TPSA) is 35.9 Å². The summed E-state index contributed by atoms with van der Waals surface area (Å²) in [6, 6.07) is 13.0. The lowest BCUT2D eigenvalue weighted by atomic mass is 10.2. The SMILES string of the molecule is CCN1C(=O)C(=C2Sc3cc(C(F)(F)F)ccc3N2C)SC1=Nc1ccccc1. The molecule has 0 aromatic heterocycles. The van der Waals surface area contributed by atoms with Gasteiger partial charge in [-0.15, -0.1) is 0 Å². The first-order chi connectivity index (χ1) is 13.8. The van der Waals surface area contributed by atoms with E-state index in [4.69, 9.17) is 0 Å². The highest BCUT2D eigenvalue weighted by molar-refractivity contribution is 8.19. The van der Waals surface area contributed by atoms with Crippen molar-refractivity contribution in [3.63, 3.8) is 0 Å². The standard InChI is InChI=1S/C20H16F3N3OS2/c1-3-26-17(27)16(29-19(26)24-13-7-5-4-6-8-13)18-25(2)14-10-9-12(20(21,22)23)11-15(14)28-18/h4-11H,3H2,1-2H3. The van der Waals surface area contributed by atoms with Gasteiger partial charge < -0.3 is 4.90 Å². The van der Waals surface area contributed by atoms with Gasteiger partial charge >= 0.3 is 6.18 Å². The van der Waals surface area contributed by atoms with Crippen molar-refractivity contribution in [1.29, 1.82) is 0 Å². The summed E-state index contributed by atoms with van der Waals surface area (Å²) < 4.78 is 39.2. The summed E-state index contributed by atoms with van der Waals surface area (Å²) in [6.45, 7) is 2.32. The number of rotatable bonds is 2. The molecule has 4 rings (SSSR count). The van der Waals surface area contributed by atoms with E-state index >= 15 is 0 Å². The van der Waals surface area contributed by atoms with Crippen LogP contribution in [0.3, 0.4) is 0 Å². The molecule has 29 heavy (non-hydrogen) atoms. The number of halogens is 3. The number of likely N-dealkylation sites (N-methyl/N-ethyl adjacent to an activating group) is 1. The Balaban J connectivity index is 1.71. The molecule has 0 radical (unpaired) electrons. The molecule has 4 nitrogen and oxygen atoms in total. The van der Waals surface area contributed by atoms with Gasteiger partial charge in [0, 0.05) is 18.5 Å². The number of anilines is 1. The summed E-state index contributed by atoms with van der Waals surface area (Å²) in [7, 11) is 1.75. The zero-order valence-electron chi connectivity index (χ0n) is 15.5. The molecule has 0 atom stereocenters. The minimum Gasteiger partial charge on any atom is -0.337 e. The van der Waals surface area contributed by atoms with E-state index in [9.17, 15) is 18.0 Å². The van der Waals surface area contributed by atoms with Crippen LogP contribution in [0.4, 0.5) is 24.5 Å². The Morgan fingerprint density at radius 1 is 1.07 bits per heavy atom. The predicted molar refractivity (Wildman–Crippen MR) is 111 cm³/mol. The van der Waals surface area contributed by atoms with Gasteiger partial charge in [-0.2, -0.15) is 13.2 Å². The second kappa shape index (κ2) is 7.46. The molecule has 0 spiro atoms. The molecule has 1 saturated heterocycles. The van der Waals surface area contributed by atoms with Crippen LogP contribution in [0.15, 0.2) is 68.4 Å². The van der Waals surface area contributed by atoms with Gasteiger partial charge in [0.1, 0.15) is 4.91 Å². The average Bonchev–Trinajstić information content (AvgIpc) is 3.18. The Labute approximate surface area is 174 Å². The van der Waals surface area contributed by atoms with E-state index in [1.807, 2.05) is 37.3 Å². The van der Waals surface area contributed by atoms with Crippen LogP contribution < -0.4 is 4.90 Å². The number of amides is 1. The molecule has 2 aliphatic heterocycles. The van der Waals surface area contributed by atoms with E-state index in [0.717, 1.165) is 17.8 Å². The fourth-order valence-electron chi connectivity index (χ4n) is 3.04. The van der Waals surface area contributed by atoms with Crippen LogP contribution >= 0.6 is 23.5 Å². The van der Waals surface area contributed by atoms with E-state index in [2.05, 4.69) is 4.99 Å². The molecule has 0 saturated carbocycles. The van der Waals surface area contributed by atoms with Crippen LogP contribution in [-0.4, -0.2) is 29.6 Å². The second-order valence-electron chi connectivity index (χ2n) is 6.36. The van der Waals surface area contributed by atoms with Crippen molar-refractivity contribution >= 4 is 46.0 Å². The van der Waals surface area contributed by atoms with Crippen molar-refractivity contribution in [3.8, 4) is 0 Å². The third-order valence-electron chi connectivity index (χ3n) is 4.51. The molecular weight excluding hydrogens is 419 g/mol.